The SMILES string of the molecule is O=C(CSc1nnc2n1CCCCC2)N1N=C(c2ccc(Cl)cc2)C[C@@H]1c1ccco1. The molecule has 7 nitrogen and oxygen atoms in total. The van der Waals surface area contributed by atoms with Gasteiger partial charge in [0.05, 0.1) is 17.7 Å². The normalized spacial score (nSPS) is 18.5. The first kappa shape index (κ1) is 20.3. The highest BCUT2D eigenvalue weighted by Crippen LogP contribution is 2.34. The molecule has 3 aromatic rings. The standard InChI is InChI=1S/C22H22ClN5O2S/c23-16-9-7-15(8-10-16)17-13-18(19-5-4-12-30-19)28(26-17)21(29)14-31-22-25-24-20-6-2-1-3-11-27(20)22/h4-5,7-10,12,18H,1-3,6,11,13-14H2/t18-/m1/s1. The molecule has 0 bridgehead atoms. The molecular weight excluding hydrogens is 434 g/mol. The number of hydrogen-bond donors (Lipinski definition) is 0. The molecule has 0 unspecified atom stereocenters. The number of hydrazone groups is 1. The van der Waals surface area contributed by atoms with Crippen molar-refractivity contribution in [1.29, 1.82) is 0 Å². The number of halogens is 1. The van der Waals surface area contributed by atoms with Gasteiger partial charge < -0.3 is 8.98 Å². The fraction of sp³-hybridized carbons (Fsp3) is 0.364. The summed E-state index contributed by atoms with van der Waals surface area (Å²) in [4.78, 5) is 13.2. The van der Waals surface area contributed by atoms with E-state index in [-0.39, 0.29) is 17.7 Å². The van der Waals surface area contributed by atoms with Crippen LogP contribution in [0.4, 0.5) is 0 Å². The van der Waals surface area contributed by atoms with Crippen molar-refractivity contribution in [1.82, 2.24) is 19.8 Å². The number of carbonyl (C=O) groups is 1. The predicted octanol–water partition coefficient (Wildman–Crippen LogP) is 4.72. The van der Waals surface area contributed by atoms with Crippen LogP contribution in [0.2, 0.25) is 5.02 Å². The van der Waals surface area contributed by atoms with Crippen LogP contribution in [0.5, 0.6) is 0 Å². The Labute approximate surface area is 189 Å². The van der Waals surface area contributed by atoms with Crippen molar-refractivity contribution in [3.05, 3.63) is 64.8 Å². The Bertz CT molecular complexity index is 1090. The molecule has 9 heteroatoms. The number of thioether (sulfide) groups is 1. The van der Waals surface area contributed by atoms with Gasteiger partial charge in [-0.15, -0.1) is 10.2 Å². The molecule has 0 aliphatic carbocycles. The quantitative estimate of drug-likeness (QED) is 0.520. The lowest BCUT2D eigenvalue weighted by Gasteiger charge is -2.19. The van der Waals surface area contributed by atoms with E-state index in [1.807, 2.05) is 36.4 Å². The largest absolute Gasteiger partial charge is 0.467 e. The van der Waals surface area contributed by atoms with Crippen LogP contribution in [0.1, 0.15) is 48.9 Å². The highest BCUT2D eigenvalue weighted by Gasteiger charge is 2.35. The number of nitrogens with zero attached hydrogens (tertiary/aromatic N) is 5. The maximum atomic E-state index is 13.2. The van der Waals surface area contributed by atoms with Gasteiger partial charge in [0.15, 0.2) is 5.16 Å². The third-order valence-electron chi connectivity index (χ3n) is 5.62. The molecule has 0 N–H and O–H groups in total. The first-order valence-corrected chi connectivity index (χ1v) is 11.8. The number of rotatable bonds is 5. The molecule has 0 saturated carbocycles. The van der Waals surface area contributed by atoms with Gasteiger partial charge in [0, 0.05) is 24.4 Å². The minimum atomic E-state index is -0.260. The maximum Gasteiger partial charge on any atom is 0.253 e. The Kier molecular flexibility index (Phi) is 5.82. The smallest absolute Gasteiger partial charge is 0.253 e. The number of aryl methyl sites for hydroxylation is 1. The van der Waals surface area contributed by atoms with Gasteiger partial charge in [-0.25, -0.2) is 5.01 Å². The number of furan rings is 1. The van der Waals surface area contributed by atoms with E-state index in [0.717, 1.165) is 53.8 Å². The summed E-state index contributed by atoms with van der Waals surface area (Å²) in [5.41, 5.74) is 1.79. The van der Waals surface area contributed by atoms with Crippen molar-refractivity contribution >= 4 is 35.0 Å². The fourth-order valence-electron chi connectivity index (χ4n) is 4.02. The second kappa shape index (κ2) is 8.88. The highest BCUT2D eigenvalue weighted by atomic mass is 35.5. The van der Waals surface area contributed by atoms with Crippen LogP contribution >= 0.6 is 23.4 Å². The van der Waals surface area contributed by atoms with Crippen LogP contribution in [0, 0.1) is 0 Å². The molecule has 2 aliphatic heterocycles. The summed E-state index contributed by atoms with van der Waals surface area (Å²) in [6.07, 6.45) is 6.62. The molecule has 4 heterocycles. The first-order valence-electron chi connectivity index (χ1n) is 10.4. The van der Waals surface area contributed by atoms with Crippen molar-refractivity contribution in [2.45, 2.75) is 49.8 Å². The Hall–Kier alpha value is -2.58. The Balaban J connectivity index is 1.35. The third-order valence-corrected chi connectivity index (χ3v) is 6.82. The molecular formula is C22H22ClN5O2S. The maximum absolute atomic E-state index is 13.2. The summed E-state index contributed by atoms with van der Waals surface area (Å²) in [6, 6.07) is 11.0. The van der Waals surface area contributed by atoms with E-state index in [4.69, 9.17) is 16.0 Å². The molecule has 1 atom stereocenters. The molecule has 2 aromatic heterocycles. The Morgan fingerprint density at radius 1 is 1.16 bits per heavy atom. The lowest BCUT2D eigenvalue weighted by atomic mass is 10.0. The van der Waals surface area contributed by atoms with Crippen molar-refractivity contribution in [3.8, 4) is 0 Å². The zero-order valence-electron chi connectivity index (χ0n) is 16.9. The summed E-state index contributed by atoms with van der Waals surface area (Å²) < 4.78 is 7.77. The fourth-order valence-corrected chi connectivity index (χ4v) is 4.98. The molecule has 5 rings (SSSR count). The summed E-state index contributed by atoms with van der Waals surface area (Å²) in [5, 5.41) is 16.3. The average Bonchev–Trinajstić information content (AvgIpc) is 3.50. The lowest BCUT2D eigenvalue weighted by Crippen LogP contribution is -2.28. The van der Waals surface area contributed by atoms with Gasteiger partial charge in [0.1, 0.15) is 17.6 Å². The van der Waals surface area contributed by atoms with Gasteiger partial charge in [0.2, 0.25) is 0 Å². The number of fused-ring (bicyclic) bond motifs is 1. The molecule has 31 heavy (non-hydrogen) atoms. The molecule has 0 spiro atoms. The van der Waals surface area contributed by atoms with E-state index in [0.29, 0.717) is 11.4 Å². The number of aromatic nitrogens is 3. The minimum Gasteiger partial charge on any atom is -0.467 e. The van der Waals surface area contributed by atoms with Gasteiger partial charge >= 0.3 is 0 Å². The number of amides is 1. The molecule has 1 amide bonds. The molecule has 0 saturated heterocycles. The number of carbonyl (C=O) groups excluding carboxylic acids is 1. The monoisotopic (exact) mass is 455 g/mol. The number of benzene rings is 1. The van der Waals surface area contributed by atoms with E-state index in [2.05, 4.69) is 19.9 Å². The zero-order chi connectivity index (χ0) is 21.2. The van der Waals surface area contributed by atoms with Gasteiger partial charge in [-0.3, -0.25) is 4.79 Å². The number of hydrogen-bond acceptors (Lipinski definition) is 6. The molecule has 2 aliphatic rings. The van der Waals surface area contributed by atoms with Crippen LogP contribution in [0.15, 0.2) is 57.3 Å². The van der Waals surface area contributed by atoms with E-state index in [9.17, 15) is 4.79 Å². The Morgan fingerprint density at radius 3 is 2.84 bits per heavy atom. The second-order valence-corrected chi connectivity index (χ2v) is 9.06. The van der Waals surface area contributed by atoms with Crippen molar-refractivity contribution in [2.75, 3.05) is 5.75 Å². The third kappa shape index (κ3) is 4.27. The van der Waals surface area contributed by atoms with Gasteiger partial charge in [-0.2, -0.15) is 5.10 Å². The van der Waals surface area contributed by atoms with Gasteiger partial charge in [-0.1, -0.05) is 41.9 Å². The van der Waals surface area contributed by atoms with Crippen LogP contribution in [0.3, 0.4) is 0 Å². The van der Waals surface area contributed by atoms with Crippen LogP contribution in [-0.4, -0.2) is 37.1 Å². The van der Waals surface area contributed by atoms with Gasteiger partial charge in [0.25, 0.3) is 5.91 Å². The zero-order valence-corrected chi connectivity index (χ0v) is 18.5. The van der Waals surface area contributed by atoms with E-state index in [1.54, 1.807) is 11.3 Å². The molecule has 0 fully saturated rings. The first-order chi connectivity index (χ1) is 15.2. The average molecular weight is 456 g/mol. The minimum absolute atomic E-state index is 0.0821. The van der Waals surface area contributed by atoms with Crippen LogP contribution in [0.25, 0.3) is 0 Å². The molecule has 0 radical (unpaired) electrons. The highest BCUT2D eigenvalue weighted by molar-refractivity contribution is 7.99. The summed E-state index contributed by atoms with van der Waals surface area (Å²) in [5.74, 6) is 1.90. The topological polar surface area (TPSA) is 76.5 Å². The summed E-state index contributed by atoms with van der Waals surface area (Å²) in [7, 11) is 0. The molecule has 160 valence electrons. The molecule has 1 aromatic carbocycles. The van der Waals surface area contributed by atoms with E-state index in [1.165, 1.54) is 18.2 Å². The lowest BCUT2D eigenvalue weighted by molar-refractivity contribution is -0.130. The summed E-state index contributed by atoms with van der Waals surface area (Å²) >= 11 is 7.45. The van der Waals surface area contributed by atoms with Crippen molar-refractivity contribution in [3.63, 3.8) is 0 Å². The summed E-state index contributed by atoms with van der Waals surface area (Å²) in [6.45, 7) is 0.913. The second-order valence-electron chi connectivity index (χ2n) is 7.68. The predicted molar refractivity (Wildman–Crippen MR) is 119 cm³/mol. The van der Waals surface area contributed by atoms with Crippen LogP contribution in [-0.2, 0) is 17.8 Å². The van der Waals surface area contributed by atoms with Crippen LogP contribution < -0.4 is 0 Å². The van der Waals surface area contributed by atoms with Gasteiger partial charge in [-0.05, 0) is 42.7 Å². The Morgan fingerprint density at radius 2 is 2.03 bits per heavy atom. The van der Waals surface area contributed by atoms with E-state index < -0.39 is 0 Å². The van der Waals surface area contributed by atoms with Crippen molar-refractivity contribution in [2.24, 2.45) is 5.10 Å². The van der Waals surface area contributed by atoms with Crippen molar-refractivity contribution < 1.29 is 9.21 Å². The van der Waals surface area contributed by atoms with E-state index >= 15 is 0 Å².